The number of hydrogen-bond acceptors (Lipinski definition) is 6. The topological polar surface area (TPSA) is 105 Å². The Morgan fingerprint density at radius 1 is 0.919 bits per heavy atom. The van der Waals surface area contributed by atoms with Crippen LogP contribution in [0.4, 0.5) is 0 Å². The fraction of sp³-hybridized carbons (Fsp3) is 0.222. The highest BCUT2D eigenvalue weighted by atomic mass is 16.4. The molecule has 0 fully saturated rings. The van der Waals surface area contributed by atoms with Gasteiger partial charge in [0.2, 0.25) is 11.7 Å². The molecule has 0 saturated heterocycles. The fourth-order valence-electron chi connectivity index (χ4n) is 4.53. The monoisotopic (exact) mass is 495 g/mol. The van der Waals surface area contributed by atoms with Crippen molar-refractivity contribution < 1.29 is 4.42 Å². The number of benzene rings is 2. The average Bonchev–Trinajstić information content (AvgIpc) is 3.53. The molecule has 0 bridgehead atoms. The van der Waals surface area contributed by atoms with Gasteiger partial charge in [-0.2, -0.15) is 5.10 Å². The van der Waals surface area contributed by atoms with E-state index in [1.54, 1.807) is 13.2 Å². The third-order valence-electron chi connectivity index (χ3n) is 6.48. The maximum atomic E-state index is 13.6. The quantitative estimate of drug-likeness (QED) is 0.364. The van der Waals surface area contributed by atoms with Gasteiger partial charge in [0, 0.05) is 18.8 Å². The minimum Gasteiger partial charge on any atom is -0.441 e. The van der Waals surface area contributed by atoms with Gasteiger partial charge in [-0.1, -0.05) is 47.5 Å². The van der Waals surface area contributed by atoms with Crippen molar-refractivity contribution in [1.29, 1.82) is 0 Å². The minimum atomic E-state index is -0.384. The van der Waals surface area contributed by atoms with Crippen molar-refractivity contribution in [1.82, 2.24) is 33.5 Å². The van der Waals surface area contributed by atoms with Gasteiger partial charge in [0.1, 0.15) is 17.0 Å². The van der Waals surface area contributed by atoms with Crippen molar-refractivity contribution in [2.24, 2.45) is 7.05 Å². The van der Waals surface area contributed by atoms with Crippen molar-refractivity contribution in [2.75, 3.05) is 0 Å². The molecule has 0 spiro atoms. The minimum absolute atomic E-state index is 0.0993. The molecule has 10 nitrogen and oxygen atoms in total. The summed E-state index contributed by atoms with van der Waals surface area (Å²) in [4.78, 5) is 31.7. The van der Waals surface area contributed by atoms with Crippen LogP contribution in [-0.2, 0) is 20.1 Å². The highest BCUT2D eigenvalue weighted by molar-refractivity contribution is 5.75. The highest BCUT2D eigenvalue weighted by Gasteiger charge is 2.21. The third kappa shape index (κ3) is 3.86. The maximum Gasteiger partial charge on any atom is 0.352 e. The van der Waals surface area contributed by atoms with Crippen molar-refractivity contribution in [3.63, 3.8) is 0 Å². The van der Waals surface area contributed by atoms with Gasteiger partial charge in [-0.05, 0) is 38.5 Å². The SMILES string of the molecule is Cc1ccc(Cn2c(=O)c3nn(C)cc3n3c(=O)n(Cc4nc(-c5cccc(C)c5)oc4C)nc23)cc1. The van der Waals surface area contributed by atoms with Crippen molar-refractivity contribution in [3.05, 3.63) is 104 Å². The lowest BCUT2D eigenvalue weighted by Crippen LogP contribution is -2.26. The Morgan fingerprint density at radius 2 is 1.70 bits per heavy atom. The lowest BCUT2D eigenvalue weighted by molar-refractivity contribution is 0.535. The largest absolute Gasteiger partial charge is 0.441 e. The standard InChI is InChI=1S/C27H25N7O3/c1-16-8-10-19(11-9-16)13-32-25(35)23-22(15-31(4)29-23)34-26(32)30-33(27(34)36)14-21-18(3)37-24(28-21)20-7-5-6-17(2)12-20/h5-12,15H,13-14H2,1-4H3. The molecular weight excluding hydrogens is 470 g/mol. The summed E-state index contributed by atoms with van der Waals surface area (Å²) >= 11 is 0. The molecule has 0 N–H and O–H groups in total. The van der Waals surface area contributed by atoms with Gasteiger partial charge in [0.05, 0.1) is 13.1 Å². The van der Waals surface area contributed by atoms with Gasteiger partial charge >= 0.3 is 5.69 Å². The number of rotatable bonds is 5. The van der Waals surface area contributed by atoms with E-state index in [0.29, 0.717) is 22.9 Å². The molecule has 0 saturated carbocycles. The molecule has 0 atom stereocenters. The lowest BCUT2D eigenvalue weighted by atomic mass is 10.1. The number of fused-ring (bicyclic) bond motifs is 3. The van der Waals surface area contributed by atoms with Crippen molar-refractivity contribution in [2.45, 2.75) is 33.9 Å². The Balaban J connectivity index is 1.49. The first kappa shape index (κ1) is 22.7. The van der Waals surface area contributed by atoms with Crippen LogP contribution in [0.15, 0.2) is 68.7 Å². The average molecular weight is 496 g/mol. The summed E-state index contributed by atoms with van der Waals surface area (Å²) in [6.45, 7) is 6.18. The molecule has 4 heterocycles. The first-order valence-electron chi connectivity index (χ1n) is 11.9. The van der Waals surface area contributed by atoms with Gasteiger partial charge in [-0.3, -0.25) is 14.0 Å². The van der Waals surface area contributed by atoms with Crippen LogP contribution in [0.2, 0.25) is 0 Å². The molecule has 0 aliphatic heterocycles. The molecule has 6 aromatic rings. The molecule has 0 unspecified atom stereocenters. The Bertz CT molecular complexity index is 1920. The zero-order valence-corrected chi connectivity index (χ0v) is 21.0. The number of aromatic nitrogens is 7. The van der Waals surface area contributed by atoms with E-state index in [2.05, 4.69) is 15.2 Å². The summed E-state index contributed by atoms with van der Waals surface area (Å²) < 4.78 is 11.7. The van der Waals surface area contributed by atoms with E-state index in [0.717, 1.165) is 22.3 Å². The van der Waals surface area contributed by atoms with E-state index in [9.17, 15) is 9.59 Å². The first-order chi connectivity index (χ1) is 17.8. The highest BCUT2D eigenvalue weighted by Crippen LogP contribution is 2.23. The number of nitrogens with zero attached hydrogens (tertiary/aromatic N) is 7. The van der Waals surface area contributed by atoms with Gasteiger partial charge in [0.25, 0.3) is 5.56 Å². The lowest BCUT2D eigenvalue weighted by Gasteiger charge is -2.07. The van der Waals surface area contributed by atoms with Crippen molar-refractivity contribution >= 4 is 16.8 Å². The summed E-state index contributed by atoms with van der Waals surface area (Å²) in [5.41, 5.74) is 4.53. The van der Waals surface area contributed by atoms with Gasteiger partial charge in [-0.15, -0.1) is 5.10 Å². The molecule has 0 radical (unpaired) electrons. The second kappa shape index (κ2) is 8.44. The molecule has 0 amide bonds. The van der Waals surface area contributed by atoms with Crippen molar-refractivity contribution in [3.8, 4) is 11.5 Å². The normalized spacial score (nSPS) is 11.7. The van der Waals surface area contributed by atoms with E-state index in [1.165, 1.54) is 18.3 Å². The molecule has 186 valence electrons. The van der Waals surface area contributed by atoms with Crippen LogP contribution in [0.3, 0.4) is 0 Å². The number of hydrogen-bond donors (Lipinski definition) is 0. The van der Waals surface area contributed by atoms with E-state index in [1.807, 2.05) is 69.3 Å². The second-order valence-electron chi connectivity index (χ2n) is 9.38. The maximum absolute atomic E-state index is 13.6. The smallest absolute Gasteiger partial charge is 0.352 e. The van der Waals surface area contributed by atoms with Crippen LogP contribution in [0.1, 0.15) is 28.1 Å². The van der Waals surface area contributed by atoms with Crippen LogP contribution < -0.4 is 11.2 Å². The van der Waals surface area contributed by atoms with Gasteiger partial charge in [-0.25, -0.2) is 18.9 Å². The number of oxazole rings is 1. The first-order valence-corrected chi connectivity index (χ1v) is 11.9. The molecule has 4 aromatic heterocycles. The Labute approximate surface area is 211 Å². The van der Waals surface area contributed by atoms with Crippen LogP contribution in [0.25, 0.3) is 28.3 Å². The van der Waals surface area contributed by atoms with E-state index < -0.39 is 0 Å². The Morgan fingerprint density at radius 3 is 2.46 bits per heavy atom. The Kier molecular flexibility index (Phi) is 5.18. The summed E-state index contributed by atoms with van der Waals surface area (Å²) in [6, 6.07) is 15.8. The van der Waals surface area contributed by atoms with Crippen LogP contribution in [0, 0.1) is 20.8 Å². The molecule has 0 aliphatic carbocycles. The zero-order chi connectivity index (χ0) is 25.8. The molecular formula is C27H25N7O3. The predicted molar refractivity (Wildman–Crippen MR) is 139 cm³/mol. The molecule has 0 aliphatic rings. The third-order valence-corrected chi connectivity index (χ3v) is 6.48. The summed E-state index contributed by atoms with van der Waals surface area (Å²) in [7, 11) is 1.72. The van der Waals surface area contributed by atoms with Crippen LogP contribution in [0.5, 0.6) is 0 Å². The molecule has 10 heteroatoms. The molecule has 37 heavy (non-hydrogen) atoms. The summed E-state index contributed by atoms with van der Waals surface area (Å²) in [5.74, 6) is 1.33. The zero-order valence-electron chi connectivity index (χ0n) is 21.0. The van der Waals surface area contributed by atoms with Crippen LogP contribution in [-0.4, -0.2) is 33.5 Å². The summed E-state index contributed by atoms with van der Waals surface area (Å²) in [6.07, 6.45) is 1.66. The molecule has 6 rings (SSSR count). The predicted octanol–water partition coefficient (Wildman–Crippen LogP) is 3.22. The van der Waals surface area contributed by atoms with Gasteiger partial charge in [0.15, 0.2) is 5.52 Å². The van der Waals surface area contributed by atoms with Crippen LogP contribution >= 0.6 is 0 Å². The fourth-order valence-corrected chi connectivity index (χ4v) is 4.53. The summed E-state index contributed by atoms with van der Waals surface area (Å²) in [5, 5.41) is 8.92. The van der Waals surface area contributed by atoms with E-state index in [4.69, 9.17) is 4.42 Å². The Hall–Kier alpha value is -4.73. The van der Waals surface area contributed by atoms with E-state index in [-0.39, 0.29) is 35.6 Å². The van der Waals surface area contributed by atoms with E-state index >= 15 is 0 Å². The molecule has 2 aromatic carbocycles. The number of aryl methyl sites for hydroxylation is 4. The van der Waals surface area contributed by atoms with Gasteiger partial charge < -0.3 is 4.42 Å². The second-order valence-corrected chi connectivity index (χ2v) is 9.38.